The fourth-order valence-corrected chi connectivity index (χ4v) is 5.15. The Kier molecular flexibility index (Phi) is 6.51. The largest absolute Gasteiger partial charge is 0.394 e. The first kappa shape index (κ1) is 21.8. The van der Waals surface area contributed by atoms with Gasteiger partial charge in [-0.05, 0) is 18.2 Å². The Balaban J connectivity index is 1.62. The molecule has 1 fully saturated rings. The maximum Gasteiger partial charge on any atom is 0.304 e. The third-order valence-corrected chi connectivity index (χ3v) is 7.16. The van der Waals surface area contributed by atoms with Crippen molar-refractivity contribution in [2.75, 3.05) is 6.61 Å². The number of rotatable bonds is 5. The van der Waals surface area contributed by atoms with Gasteiger partial charge in [-0.15, -0.1) is 5.10 Å². The fourth-order valence-electron chi connectivity index (χ4n) is 3.11. The molecular weight excluding hydrogens is 475 g/mol. The Morgan fingerprint density at radius 1 is 1.27 bits per heavy atom. The van der Waals surface area contributed by atoms with E-state index in [2.05, 4.69) is 15.3 Å². The van der Waals surface area contributed by atoms with E-state index in [1.54, 1.807) is 23.6 Å². The molecule has 5 unspecified atom stereocenters. The van der Waals surface area contributed by atoms with E-state index >= 15 is 0 Å². The lowest BCUT2D eigenvalue weighted by Crippen LogP contribution is -2.55. The van der Waals surface area contributed by atoms with Gasteiger partial charge >= 0.3 is 4.87 Å². The number of aliphatic hydroxyl groups is 3. The molecule has 9 nitrogen and oxygen atoms in total. The van der Waals surface area contributed by atoms with E-state index in [9.17, 15) is 20.1 Å². The highest BCUT2D eigenvalue weighted by Crippen LogP contribution is 2.39. The number of hydrogen-bond acceptors (Lipinski definition) is 9. The molecule has 13 heteroatoms. The molecule has 4 rings (SSSR count). The molecule has 1 saturated heterocycles. The predicted octanol–water partition coefficient (Wildman–Crippen LogP) is 1.77. The summed E-state index contributed by atoms with van der Waals surface area (Å²) in [4.78, 5) is 14.5. The van der Waals surface area contributed by atoms with Crippen LogP contribution in [-0.4, -0.2) is 65.7 Å². The molecule has 1 aliphatic rings. The van der Waals surface area contributed by atoms with Crippen LogP contribution in [0.2, 0.25) is 10.0 Å². The minimum absolute atomic E-state index is 0.232. The number of aromatic amines is 1. The Morgan fingerprint density at radius 3 is 2.73 bits per heavy atom. The number of aliphatic hydroxyl groups excluding tert-OH is 3. The molecule has 0 radical (unpaired) electrons. The molecule has 5 atom stereocenters. The van der Waals surface area contributed by atoms with Crippen LogP contribution in [0.15, 0.2) is 39.5 Å². The summed E-state index contributed by atoms with van der Waals surface area (Å²) in [6.45, 7) is -0.456. The molecule has 160 valence electrons. The van der Waals surface area contributed by atoms with Crippen LogP contribution in [-0.2, 0) is 4.74 Å². The molecule has 0 aliphatic carbocycles. The van der Waals surface area contributed by atoms with Crippen molar-refractivity contribution in [3.05, 3.63) is 49.5 Å². The zero-order valence-electron chi connectivity index (χ0n) is 15.1. The Morgan fingerprint density at radius 2 is 2.07 bits per heavy atom. The second-order valence-electron chi connectivity index (χ2n) is 6.54. The second-order valence-corrected chi connectivity index (χ2v) is 9.36. The van der Waals surface area contributed by atoms with E-state index in [0.717, 1.165) is 11.3 Å². The Bertz CT molecular complexity index is 1090. The van der Waals surface area contributed by atoms with Crippen molar-refractivity contribution < 1.29 is 20.1 Å². The van der Waals surface area contributed by atoms with Crippen molar-refractivity contribution in [1.29, 1.82) is 0 Å². The number of thiazole rings is 1. The highest BCUT2D eigenvalue weighted by Gasteiger charge is 2.46. The number of nitrogens with zero attached hydrogens (tertiary/aromatic N) is 3. The van der Waals surface area contributed by atoms with Gasteiger partial charge in [0, 0.05) is 10.3 Å². The normalized spacial score (nSPS) is 26.8. The summed E-state index contributed by atoms with van der Waals surface area (Å²) in [5, 5.41) is 41.6. The smallest absolute Gasteiger partial charge is 0.304 e. The number of aromatic nitrogens is 4. The number of ether oxygens (including phenoxy) is 1. The van der Waals surface area contributed by atoms with Crippen LogP contribution in [0.3, 0.4) is 0 Å². The maximum absolute atomic E-state index is 11.4. The average molecular weight is 491 g/mol. The van der Waals surface area contributed by atoms with Gasteiger partial charge in [0.25, 0.3) is 0 Å². The lowest BCUT2D eigenvalue weighted by molar-refractivity contribution is -0.178. The molecule has 0 bridgehead atoms. The number of hydrogen-bond donors (Lipinski definition) is 4. The summed E-state index contributed by atoms with van der Waals surface area (Å²) >= 11 is 14.2. The molecule has 0 amide bonds. The van der Waals surface area contributed by atoms with E-state index in [1.807, 2.05) is 0 Å². The number of benzene rings is 1. The van der Waals surface area contributed by atoms with Gasteiger partial charge < -0.3 is 25.0 Å². The van der Waals surface area contributed by atoms with Gasteiger partial charge in [-0.3, -0.25) is 4.79 Å². The zero-order valence-corrected chi connectivity index (χ0v) is 18.2. The molecule has 0 saturated carbocycles. The third-order valence-electron chi connectivity index (χ3n) is 4.60. The van der Waals surface area contributed by atoms with Crippen LogP contribution in [0.5, 0.6) is 0 Å². The minimum Gasteiger partial charge on any atom is -0.394 e. The number of thioether (sulfide) groups is 1. The van der Waals surface area contributed by atoms with E-state index in [4.69, 9.17) is 27.9 Å². The van der Waals surface area contributed by atoms with Gasteiger partial charge in [-0.1, -0.05) is 51.5 Å². The highest BCUT2D eigenvalue weighted by atomic mass is 35.5. The maximum atomic E-state index is 11.4. The van der Waals surface area contributed by atoms with Crippen LogP contribution >= 0.6 is 46.3 Å². The van der Waals surface area contributed by atoms with Gasteiger partial charge in [0.15, 0.2) is 0 Å². The molecule has 30 heavy (non-hydrogen) atoms. The monoisotopic (exact) mass is 490 g/mol. The van der Waals surface area contributed by atoms with Gasteiger partial charge in [0.05, 0.1) is 28.5 Å². The SMILES string of the molecule is O=c1[nH]c(-c2cn(C3C(O)C(CO)OC(Sc4ccc(Cl)c(Cl)c4)C3O)nn2)cs1. The molecule has 2 aromatic heterocycles. The van der Waals surface area contributed by atoms with E-state index in [1.165, 1.54) is 22.6 Å². The van der Waals surface area contributed by atoms with Crippen LogP contribution in [0, 0.1) is 0 Å². The Hall–Kier alpha value is -1.44. The molecule has 3 aromatic rings. The minimum atomic E-state index is -1.24. The highest BCUT2D eigenvalue weighted by molar-refractivity contribution is 7.99. The summed E-state index contributed by atoms with van der Waals surface area (Å²) in [5.74, 6) is 0. The second kappa shape index (κ2) is 8.97. The first-order chi connectivity index (χ1) is 14.4. The van der Waals surface area contributed by atoms with E-state index in [-0.39, 0.29) is 4.87 Å². The van der Waals surface area contributed by atoms with Gasteiger partial charge in [-0.2, -0.15) is 0 Å². The quantitative estimate of drug-likeness (QED) is 0.425. The molecule has 0 spiro atoms. The zero-order chi connectivity index (χ0) is 21.4. The standard InChI is InChI=1S/C17H16Cl2N4O5S2/c18-8-2-1-7(3-9(8)19)30-16-15(26)13(14(25)12(5-24)28-16)23-4-10(21-22-23)11-6-29-17(27)20-11/h1-4,6,12-16,24-26H,5H2,(H,20,27). The number of nitrogens with one attached hydrogen (secondary N) is 1. The summed E-state index contributed by atoms with van der Waals surface area (Å²) in [5.41, 5.74) is 0.0302. The third kappa shape index (κ3) is 4.30. The lowest BCUT2D eigenvalue weighted by Gasteiger charge is -2.41. The van der Waals surface area contributed by atoms with Crippen LogP contribution in [0.25, 0.3) is 11.4 Å². The van der Waals surface area contributed by atoms with Crippen LogP contribution in [0.4, 0.5) is 0 Å². The first-order valence-electron chi connectivity index (χ1n) is 8.71. The molecule has 1 aromatic carbocycles. The van der Waals surface area contributed by atoms with Crippen molar-refractivity contribution in [3.63, 3.8) is 0 Å². The van der Waals surface area contributed by atoms with E-state index in [0.29, 0.717) is 26.3 Å². The predicted molar refractivity (Wildman–Crippen MR) is 113 cm³/mol. The number of halogens is 2. The van der Waals surface area contributed by atoms with Gasteiger partial charge in [0.2, 0.25) is 0 Å². The van der Waals surface area contributed by atoms with Crippen LogP contribution in [0.1, 0.15) is 6.04 Å². The fraction of sp³-hybridized carbons (Fsp3) is 0.353. The first-order valence-corrected chi connectivity index (χ1v) is 11.2. The summed E-state index contributed by atoms with van der Waals surface area (Å²) in [6, 6.07) is 4.05. The van der Waals surface area contributed by atoms with Crippen molar-refractivity contribution in [2.45, 2.75) is 34.7 Å². The summed E-state index contributed by atoms with van der Waals surface area (Å²) in [6.07, 6.45) is -1.88. The topological polar surface area (TPSA) is 133 Å². The molecule has 4 N–H and O–H groups in total. The van der Waals surface area contributed by atoms with Crippen LogP contribution < -0.4 is 4.87 Å². The molecule has 3 heterocycles. The molecule has 1 aliphatic heterocycles. The van der Waals surface area contributed by atoms with Gasteiger partial charge in [-0.25, -0.2) is 4.68 Å². The number of H-pyrrole nitrogens is 1. The summed E-state index contributed by atoms with van der Waals surface area (Å²) < 4.78 is 7.02. The average Bonchev–Trinajstić information content (AvgIpc) is 3.36. The summed E-state index contributed by atoms with van der Waals surface area (Å²) in [7, 11) is 0. The molecular formula is C17H16Cl2N4O5S2. The lowest BCUT2D eigenvalue weighted by atomic mass is 9.97. The van der Waals surface area contributed by atoms with Gasteiger partial charge in [0.1, 0.15) is 35.5 Å². The Labute approximate surface area is 188 Å². The van der Waals surface area contributed by atoms with Crippen molar-refractivity contribution in [2.24, 2.45) is 0 Å². The van der Waals surface area contributed by atoms with Crippen molar-refractivity contribution in [1.82, 2.24) is 20.0 Å². The van der Waals surface area contributed by atoms with E-state index < -0.39 is 36.4 Å². The van der Waals surface area contributed by atoms with Crippen molar-refractivity contribution in [3.8, 4) is 11.4 Å². The van der Waals surface area contributed by atoms with Crippen molar-refractivity contribution >= 4 is 46.3 Å².